The van der Waals surface area contributed by atoms with E-state index in [0.29, 0.717) is 0 Å². The zero-order valence-corrected chi connectivity index (χ0v) is 16.2. The van der Waals surface area contributed by atoms with Crippen LogP contribution in [0.25, 0.3) is 6.08 Å². The lowest BCUT2D eigenvalue weighted by atomic mass is 10.1. The van der Waals surface area contributed by atoms with Crippen LogP contribution in [-0.2, 0) is 6.54 Å². The van der Waals surface area contributed by atoms with Crippen LogP contribution in [0.3, 0.4) is 0 Å². The average Bonchev–Trinajstić information content (AvgIpc) is 2.61. The third-order valence-electron chi connectivity index (χ3n) is 4.78. The Labute approximate surface area is 151 Å². The summed E-state index contributed by atoms with van der Waals surface area (Å²) in [4.78, 5) is 2.67. The van der Waals surface area contributed by atoms with E-state index in [0.717, 1.165) is 6.54 Å². The molecule has 0 radical (unpaired) electrons. The molecule has 136 valence electrons. The van der Waals surface area contributed by atoms with Crippen molar-refractivity contribution in [1.29, 1.82) is 0 Å². The molecule has 1 rings (SSSR count). The van der Waals surface area contributed by atoms with Crippen molar-refractivity contribution in [1.82, 2.24) is 4.90 Å². The summed E-state index contributed by atoms with van der Waals surface area (Å²) in [6, 6.07) is 8.89. The standard InChI is InChI=1S/C23H39N/c1-4-7-9-11-13-19-24(20-14-12-10-8-5-2)21-23-17-15-22(6-3)16-18-23/h6,15-18H,3-5,7-14,19-21H2,1-2H3. The van der Waals surface area contributed by atoms with Gasteiger partial charge in [-0.2, -0.15) is 0 Å². The van der Waals surface area contributed by atoms with Crippen molar-refractivity contribution in [2.75, 3.05) is 13.1 Å². The highest BCUT2D eigenvalue weighted by Crippen LogP contribution is 2.12. The molecule has 0 fully saturated rings. The minimum Gasteiger partial charge on any atom is -0.299 e. The lowest BCUT2D eigenvalue weighted by Crippen LogP contribution is -2.25. The van der Waals surface area contributed by atoms with E-state index >= 15 is 0 Å². The van der Waals surface area contributed by atoms with Crippen molar-refractivity contribution in [3.05, 3.63) is 42.0 Å². The van der Waals surface area contributed by atoms with E-state index < -0.39 is 0 Å². The highest BCUT2D eigenvalue weighted by atomic mass is 15.1. The van der Waals surface area contributed by atoms with Gasteiger partial charge in [0.05, 0.1) is 0 Å². The van der Waals surface area contributed by atoms with Gasteiger partial charge in [-0.25, -0.2) is 0 Å². The first-order chi connectivity index (χ1) is 11.8. The topological polar surface area (TPSA) is 3.24 Å². The Morgan fingerprint density at radius 3 is 1.71 bits per heavy atom. The Morgan fingerprint density at radius 2 is 1.25 bits per heavy atom. The van der Waals surface area contributed by atoms with Gasteiger partial charge in [-0.1, -0.05) is 102 Å². The Hall–Kier alpha value is -1.08. The smallest absolute Gasteiger partial charge is 0.0233 e. The summed E-state index contributed by atoms with van der Waals surface area (Å²) in [5, 5.41) is 0. The molecule has 0 saturated carbocycles. The molecule has 0 unspecified atom stereocenters. The Morgan fingerprint density at radius 1 is 0.750 bits per heavy atom. The number of hydrogen-bond donors (Lipinski definition) is 0. The van der Waals surface area contributed by atoms with Gasteiger partial charge >= 0.3 is 0 Å². The summed E-state index contributed by atoms with van der Waals surface area (Å²) in [6.45, 7) is 12.0. The van der Waals surface area contributed by atoms with Gasteiger partial charge in [0.2, 0.25) is 0 Å². The molecule has 1 aromatic rings. The summed E-state index contributed by atoms with van der Waals surface area (Å²) in [5.74, 6) is 0. The molecule has 0 aliphatic rings. The van der Waals surface area contributed by atoms with E-state index in [2.05, 4.69) is 49.6 Å². The molecule has 0 bridgehead atoms. The van der Waals surface area contributed by atoms with E-state index in [1.165, 1.54) is 88.4 Å². The van der Waals surface area contributed by atoms with Crippen molar-refractivity contribution in [3.63, 3.8) is 0 Å². The van der Waals surface area contributed by atoms with Crippen LogP contribution in [0, 0.1) is 0 Å². The number of benzene rings is 1. The molecule has 0 spiro atoms. The first-order valence-electron chi connectivity index (χ1n) is 10.2. The maximum absolute atomic E-state index is 3.84. The molecule has 1 nitrogen and oxygen atoms in total. The van der Waals surface area contributed by atoms with Gasteiger partial charge in [-0.15, -0.1) is 0 Å². The van der Waals surface area contributed by atoms with E-state index in [1.54, 1.807) is 0 Å². The summed E-state index contributed by atoms with van der Waals surface area (Å²) >= 11 is 0. The maximum atomic E-state index is 3.84. The SMILES string of the molecule is C=Cc1ccc(CN(CCCCCCC)CCCCCCC)cc1. The normalized spacial score (nSPS) is 11.1. The van der Waals surface area contributed by atoms with Crippen molar-refractivity contribution < 1.29 is 0 Å². The van der Waals surface area contributed by atoms with Crippen LogP contribution in [-0.4, -0.2) is 18.0 Å². The summed E-state index contributed by atoms with van der Waals surface area (Å²) in [6.07, 6.45) is 15.6. The first kappa shape index (κ1) is 21.0. The minimum atomic E-state index is 1.10. The van der Waals surface area contributed by atoms with Gasteiger partial charge in [-0.3, -0.25) is 4.90 Å². The van der Waals surface area contributed by atoms with Crippen LogP contribution in [0.5, 0.6) is 0 Å². The number of unbranched alkanes of at least 4 members (excludes halogenated alkanes) is 8. The van der Waals surface area contributed by atoms with Crippen molar-refractivity contribution in [3.8, 4) is 0 Å². The van der Waals surface area contributed by atoms with Crippen LogP contribution in [0.4, 0.5) is 0 Å². The monoisotopic (exact) mass is 329 g/mol. The van der Waals surface area contributed by atoms with E-state index in [4.69, 9.17) is 0 Å². The number of hydrogen-bond acceptors (Lipinski definition) is 1. The highest BCUT2D eigenvalue weighted by Gasteiger charge is 2.06. The second-order valence-corrected chi connectivity index (χ2v) is 7.05. The molecule has 0 heterocycles. The molecule has 0 N–H and O–H groups in total. The minimum absolute atomic E-state index is 1.10. The third-order valence-corrected chi connectivity index (χ3v) is 4.78. The zero-order valence-electron chi connectivity index (χ0n) is 16.2. The maximum Gasteiger partial charge on any atom is 0.0233 e. The van der Waals surface area contributed by atoms with E-state index in [9.17, 15) is 0 Å². The first-order valence-corrected chi connectivity index (χ1v) is 10.2. The average molecular weight is 330 g/mol. The second-order valence-electron chi connectivity index (χ2n) is 7.05. The van der Waals surface area contributed by atoms with Crippen LogP contribution in [0.2, 0.25) is 0 Å². The lowest BCUT2D eigenvalue weighted by molar-refractivity contribution is 0.252. The number of nitrogens with zero attached hydrogens (tertiary/aromatic N) is 1. The van der Waals surface area contributed by atoms with E-state index in [1.807, 2.05) is 6.08 Å². The fraction of sp³-hybridized carbons (Fsp3) is 0.652. The molecule has 0 atom stereocenters. The molecule has 0 aliphatic heterocycles. The predicted molar refractivity (Wildman–Crippen MR) is 109 cm³/mol. The predicted octanol–water partition coefficient (Wildman–Crippen LogP) is 7.07. The molecule has 1 heteroatoms. The fourth-order valence-corrected chi connectivity index (χ4v) is 3.17. The molecule has 24 heavy (non-hydrogen) atoms. The zero-order chi connectivity index (χ0) is 17.5. The molecule has 0 aromatic heterocycles. The van der Waals surface area contributed by atoms with Gasteiger partial charge < -0.3 is 0 Å². The van der Waals surface area contributed by atoms with Crippen LogP contribution in [0.15, 0.2) is 30.8 Å². The van der Waals surface area contributed by atoms with Gasteiger partial charge in [-0.05, 0) is 37.1 Å². The fourth-order valence-electron chi connectivity index (χ4n) is 3.17. The molecular weight excluding hydrogens is 290 g/mol. The Balaban J connectivity index is 2.40. The van der Waals surface area contributed by atoms with Crippen molar-refractivity contribution >= 4 is 6.08 Å². The number of rotatable bonds is 15. The van der Waals surface area contributed by atoms with Gasteiger partial charge in [0.25, 0.3) is 0 Å². The summed E-state index contributed by atoms with van der Waals surface area (Å²) in [7, 11) is 0. The van der Waals surface area contributed by atoms with Crippen LogP contribution >= 0.6 is 0 Å². The lowest BCUT2D eigenvalue weighted by Gasteiger charge is -2.22. The van der Waals surface area contributed by atoms with Crippen molar-refractivity contribution in [2.45, 2.75) is 84.6 Å². The summed E-state index contributed by atoms with van der Waals surface area (Å²) in [5.41, 5.74) is 2.65. The van der Waals surface area contributed by atoms with Gasteiger partial charge in [0.15, 0.2) is 0 Å². The second kappa shape index (κ2) is 14.3. The van der Waals surface area contributed by atoms with Crippen LogP contribution in [0.1, 0.15) is 89.2 Å². The summed E-state index contributed by atoms with van der Waals surface area (Å²) < 4.78 is 0. The molecule has 1 aromatic carbocycles. The molecule has 0 saturated heterocycles. The Kier molecular flexibility index (Phi) is 12.5. The molecular formula is C23H39N. The van der Waals surface area contributed by atoms with Crippen LogP contribution < -0.4 is 0 Å². The quantitative estimate of drug-likeness (QED) is 0.311. The third kappa shape index (κ3) is 9.93. The van der Waals surface area contributed by atoms with E-state index in [-0.39, 0.29) is 0 Å². The van der Waals surface area contributed by atoms with Gasteiger partial charge in [0.1, 0.15) is 0 Å². The molecule has 0 amide bonds. The highest BCUT2D eigenvalue weighted by molar-refractivity contribution is 5.47. The largest absolute Gasteiger partial charge is 0.299 e. The molecule has 0 aliphatic carbocycles. The van der Waals surface area contributed by atoms with Gasteiger partial charge in [0, 0.05) is 6.54 Å². The van der Waals surface area contributed by atoms with Crippen molar-refractivity contribution in [2.24, 2.45) is 0 Å². The Bertz CT molecular complexity index is 393.